The summed E-state index contributed by atoms with van der Waals surface area (Å²) in [7, 11) is 1.62. The van der Waals surface area contributed by atoms with E-state index in [1.54, 1.807) is 7.11 Å². The molecular formula is C19H23NO4. The van der Waals surface area contributed by atoms with Crippen LogP contribution in [0.5, 0.6) is 5.75 Å². The van der Waals surface area contributed by atoms with Gasteiger partial charge in [-0.3, -0.25) is 9.59 Å². The van der Waals surface area contributed by atoms with E-state index in [-0.39, 0.29) is 29.2 Å². The Labute approximate surface area is 141 Å². The van der Waals surface area contributed by atoms with Crippen LogP contribution < -0.4 is 4.74 Å². The van der Waals surface area contributed by atoms with Crippen LogP contribution in [0.4, 0.5) is 0 Å². The minimum absolute atomic E-state index is 0.125. The fraction of sp³-hybridized carbons (Fsp3) is 0.579. The molecule has 4 atom stereocenters. The average molecular weight is 329 g/mol. The first kappa shape index (κ1) is 15.6. The van der Waals surface area contributed by atoms with Gasteiger partial charge < -0.3 is 14.7 Å². The van der Waals surface area contributed by atoms with Crippen LogP contribution >= 0.6 is 0 Å². The molecule has 0 unspecified atom stereocenters. The number of aliphatic hydroxyl groups is 1. The second kappa shape index (κ2) is 5.59. The molecule has 1 aromatic carbocycles. The second-order valence-electron chi connectivity index (χ2n) is 7.38. The summed E-state index contributed by atoms with van der Waals surface area (Å²) in [4.78, 5) is 26.8. The van der Waals surface area contributed by atoms with Crippen LogP contribution in [0.25, 0.3) is 0 Å². The first-order chi connectivity index (χ1) is 11.5. The van der Waals surface area contributed by atoms with Gasteiger partial charge in [0.2, 0.25) is 5.91 Å². The molecule has 1 N–H and O–H groups in total. The SMILES string of the molecule is COc1ccc(C[C@H]2[C@@H](O)[C@@H]3C[C@]4(CCC3=O)CCC(=O)N24)cc1. The van der Waals surface area contributed by atoms with Crippen LogP contribution in [0.2, 0.25) is 0 Å². The third-order valence-electron chi connectivity index (χ3n) is 6.18. The Morgan fingerprint density at radius 1 is 1.21 bits per heavy atom. The largest absolute Gasteiger partial charge is 0.497 e. The number of benzene rings is 1. The predicted octanol–water partition coefficient (Wildman–Crippen LogP) is 1.71. The van der Waals surface area contributed by atoms with Gasteiger partial charge in [0.05, 0.1) is 19.3 Å². The van der Waals surface area contributed by atoms with Crippen LogP contribution in [0.15, 0.2) is 24.3 Å². The summed E-state index contributed by atoms with van der Waals surface area (Å²) in [6, 6.07) is 7.39. The topological polar surface area (TPSA) is 66.8 Å². The lowest BCUT2D eigenvalue weighted by Gasteiger charge is -2.54. The second-order valence-corrected chi connectivity index (χ2v) is 7.38. The number of hydrogen-bond acceptors (Lipinski definition) is 4. The van der Waals surface area contributed by atoms with Crippen molar-refractivity contribution in [2.45, 2.75) is 56.2 Å². The number of amides is 1. The van der Waals surface area contributed by atoms with Gasteiger partial charge in [-0.1, -0.05) is 12.1 Å². The van der Waals surface area contributed by atoms with Crippen molar-refractivity contribution < 1.29 is 19.4 Å². The smallest absolute Gasteiger partial charge is 0.223 e. The number of piperidine rings is 1. The molecule has 0 radical (unpaired) electrons. The summed E-state index contributed by atoms with van der Waals surface area (Å²) in [5.41, 5.74) is 0.841. The van der Waals surface area contributed by atoms with Crippen molar-refractivity contribution in [1.29, 1.82) is 0 Å². The van der Waals surface area contributed by atoms with Gasteiger partial charge in [-0.2, -0.15) is 0 Å². The maximum Gasteiger partial charge on any atom is 0.223 e. The molecule has 0 aromatic heterocycles. The Kier molecular flexibility index (Phi) is 3.64. The Morgan fingerprint density at radius 3 is 2.62 bits per heavy atom. The Hall–Kier alpha value is -1.88. The maximum atomic E-state index is 12.5. The lowest BCUT2D eigenvalue weighted by Crippen LogP contribution is -2.66. The van der Waals surface area contributed by atoms with Crippen molar-refractivity contribution >= 4 is 11.7 Å². The summed E-state index contributed by atoms with van der Waals surface area (Å²) in [5, 5.41) is 10.8. The zero-order chi connectivity index (χ0) is 16.9. The molecule has 24 heavy (non-hydrogen) atoms. The van der Waals surface area contributed by atoms with Gasteiger partial charge in [0.25, 0.3) is 0 Å². The zero-order valence-electron chi connectivity index (χ0n) is 13.9. The van der Waals surface area contributed by atoms with E-state index in [1.165, 1.54) is 0 Å². The van der Waals surface area contributed by atoms with E-state index in [4.69, 9.17) is 4.74 Å². The van der Waals surface area contributed by atoms with Crippen LogP contribution in [0.1, 0.15) is 37.7 Å². The van der Waals surface area contributed by atoms with Crippen LogP contribution in [-0.2, 0) is 16.0 Å². The van der Waals surface area contributed by atoms with Gasteiger partial charge in [0, 0.05) is 24.3 Å². The van der Waals surface area contributed by atoms with Crippen LogP contribution in [0, 0.1) is 5.92 Å². The number of Topliss-reactive ketones (excluding diaryl/α,β-unsaturated/α-hetero) is 1. The minimum Gasteiger partial charge on any atom is -0.497 e. The van der Waals surface area contributed by atoms with Gasteiger partial charge in [-0.05, 0) is 43.4 Å². The third-order valence-corrected chi connectivity index (χ3v) is 6.18. The predicted molar refractivity (Wildman–Crippen MR) is 87.7 cm³/mol. The van der Waals surface area contributed by atoms with E-state index >= 15 is 0 Å². The van der Waals surface area contributed by atoms with Gasteiger partial charge in [0.1, 0.15) is 11.5 Å². The molecule has 1 aliphatic carbocycles. The molecular weight excluding hydrogens is 306 g/mol. The number of nitrogens with zero attached hydrogens (tertiary/aromatic N) is 1. The van der Waals surface area contributed by atoms with E-state index in [0.29, 0.717) is 25.7 Å². The summed E-state index contributed by atoms with van der Waals surface area (Å²) in [5.74, 6) is 0.750. The van der Waals surface area contributed by atoms with Gasteiger partial charge in [0.15, 0.2) is 0 Å². The molecule has 128 valence electrons. The number of rotatable bonds is 3. The average Bonchev–Trinajstić information content (AvgIpc) is 2.92. The fourth-order valence-electron chi connectivity index (χ4n) is 4.94. The highest BCUT2D eigenvalue weighted by molar-refractivity contribution is 5.86. The monoisotopic (exact) mass is 329 g/mol. The molecule has 1 spiro atoms. The quantitative estimate of drug-likeness (QED) is 0.917. The number of ether oxygens (including phenoxy) is 1. The molecule has 5 nitrogen and oxygen atoms in total. The molecule has 5 heteroatoms. The number of aliphatic hydroxyl groups excluding tert-OH is 1. The number of carbonyl (C=O) groups excluding carboxylic acids is 2. The number of hydrogen-bond donors (Lipinski definition) is 1. The summed E-state index contributed by atoms with van der Waals surface area (Å²) in [6.45, 7) is 0. The normalized spacial score (nSPS) is 35.1. The Morgan fingerprint density at radius 2 is 1.92 bits per heavy atom. The van der Waals surface area contributed by atoms with Crippen molar-refractivity contribution in [3.63, 3.8) is 0 Å². The Bertz CT molecular complexity index is 670. The summed E-state index contributed by atoms with van der Waals surface area (Å²) >= 11 is 0. The van der Waals surface area contributed by atoms with E-state index in [0.717, 1.165) is 24.2 Å². The standard InChI is InChI=1S/C19H23NO4/c1-24-13-4-2-12(3-5-13)10-15-18(23)14-11-19(8-6-16(14)21)9-7-17(22)20(15)19/h2-5,14-15,18,23H,6-11H2,1H3/t14-,15+,18+,19+/m1/s1. The fourth-order valence-corrected chi connectivity index (χ4v) is 4.94. The molecule has 2 heterocycles. The molecule has 2 aliphatic heterocycles. The summed E-state index contributed by atoms with van der Waals surface area (Å²) in [6.07, 6.45) is 3.03. The van der Waals surface area contributed by atoms with E-state index in [9.17, 15) is 14.7 Å². The number of ketones is 1. The Balaban J connectivity index is 1.66. The highest BCUT2D eigenvalue weighted by Crippen LogP contribution is 2.50. The van der Waals surface area contributed by atoms with E-state index in [2.05, 4.69) is 0 Å². The molecule has 3 fully saturated rings. The molecule has 4 rings (SSSR count). The molecule has 2 saturated heterocycles. The third kappa shape index (κ3) is 2.25. The highest BCUT2D eigenvalue weighted by Gasteiger charge is 2.59. The molecule has 2 bridgehead atoms. The van der Waals surface area contributed by atoms with Crippen molar-refractivity contribution in [1.82, 2.24) is 4.90 Å². The molecule has 3 aliphatic rings. The first-order valence-corrected chi connectivity index (χ1v) is 8.70. The first-order valence-electron chi connectivity index (χ1n) is 8.70. The number of fused-ring (bicyclic) bond motifs is 1. The van der Waals surface area contributed by atoms with Crippen molar-refractivity contribution in [2.24, 2.45) is 5.92 Å². The lowest BCUT2D eigenvalue weighted by atomic mass is 9.66. The van der Waals surface area contributed by atoms with Gasteiger partial charge >= 0.3 is 0 Å². The van der Waals surface area contributed by atoms with E-state index in [1.807, 2.05) is 29.2 Å². The van der Waals surface area contributed by atoms with Crippen molar-refractivity contribution in [3.05, 3.63) is 29.8 Å². The zero-order valence-corrected chi connectivity index (χ0v) is 13.9. The lowest BCUT2D eigenvalue weighted by molar-refractivity contribution is -0.162. The van der Waals surface area contributed by atoms with Crippen LogP contribution in [0.3, 0.4) is 0 Å². The molecule has 1 saturated carbocycles. The van der Waals surface area contributed by atoms with Crippen LogP contribution in [-0.4, -0.2) is 46.5 Å². The van der Waals surface area contributed by atoms with E-state index < -0.39 is 6.10 Å². The molecule has 1 aromatic rings. The highest BCUT2D eigenvalue weighted by atomic mass is 16.5. The van der Waals surface area contributed by atoms with Gasteiger partial charge in [-0.15, -0.1) is 0 Å². The van der Waals surface area contributed by atoms with Gasteiger partial charge in [-0.25, -0.2) is 0 Å². The van der Waals surface area contributed by atoms with Crippen molar-refractivity contribution in [2.75, 3.05) is 7.11 Å². The van der Waals surface area contributed by atoms with Crippen molar-refractivity contribution in [3.8, 4) is 5.75 Å². The minimum atomic E-state index is -0.768. The summed E-state index contributed by atoms with van der Waals surface area (Å²) < 4.78 is 5.18. The number of methoxy groups -OCH3 is 1. The molecule has 1 amide bonds. The maximum absolute atomic E-state index is 12.5. The number of carbonyl (C=O) groups is 2.